The van der Waals surface area contributed by atoms with E-state index >= 15 is 0 Å². The van der Waals surface area contributed by atoms with E-state index in [9.17, 15) is 0 Å². The molecular formula is C102H126N6. The molecule has 0 aliphatic rings. The lowest BCUT2D eigenvalue weighted by Gasteiger charge is -2.27. The molecule has 0 amide bonds. The number of benzene rings is 9. The van der Waals surface area contributed by atoms with Gasteiger partial charge in [0, 0.05) is 33.4 Å². The fourth-order valence-electron chi connectivity index (χ4n) is 18.6. The van der Waals surface area contributed by atoms with Crippen molar-refractivity contribution >= 4 is 0 Å². The summed E-state index contributed by atoms with van der Waals surface area (Å²) in [5.41, 5.74) is 69.7. The van der Waals surface area contributed by atoms with Gasteiger partial charge in [0.2, 0.25) is 0 Å². The highest BCUT2D eigenvalue weighted by Gasteiger charge is 2.32. The third-order valence-corrected chi connectivity index (χ3v) is 29.2. The van der Waals surface area contributed by atoms with Crippen LogP contribution in [-0.2, 0) is 0 Å². The first-order valence-electron chi connectivity index (χ1n) is 39.4. The van der Waals surface area contributed by atoms with Crippen LogP contribution in [0.1, 0.15) is 234 Å². The molecule has 2 heterocycles. The predicted molar refractivity (Wildman–Crippen MR) is 468 cm³/mol. The van der Waals surface area contributed by atoms with Gasteiger partial charge in [-0.1, -0.05) is 0 Å². The molecule has 0 saturated heterocycles. The van der Waals surface area contributed by atoms with E-state index in [1.807, 2.05) is 0 Å². The molecule has 9 aromatic carbocycles. The summed E-state index contributed by atoms with van der Waals surface area (Å²) in [5, 5.41) is 0. The molecule has 11 aromatic rings. The Hall–Kier alpha value is -9.00. The number of hydrogen-bond acceptors (Lipinski definition) is 6. The Kier molecular flexibility index (Phi) is 22.2. The first-order valence-corrected chi connectivity index (χ1v) is 39.4. The molecule has 6 nitrogen and oxygen atoms in total. The maximum atomic E-state index is 5.66. The molecule has 0 saturated carbocycles. The second-order valence-electron chi connectivity index (χ2n) is 33.4. The molecule has 0 bridgehead atoms. The van der Waals surface area contributed by atoms with Crippen molar-refractivity contribution in [2.75, 3.05) is 0 Å². The minimum Gasteiger partial charge on any atom is -0.208 e. The lowest BCUT2D eigenvalue weighted by molar-refractivity contribution is 1.03. The van der Waals surface area contributed by atoms with Crippen LogP contribution in [0, 0.1) is 291 Å². The van der Waals surface area contributed by atoms with Gasteiger partial charge in [-0.25, -0.2) is 29.9 Å². The van der Waals surface area contributed by atoms with Crippen molar-refractivity contribution in [3.8, 4) is 102 Å². The van der Waals surface area contributed by atoms with E-state index in [-0.39, 0.29) is 0 Å². The van der Waals surface area contributed by atoms with E-state index in [1.165, 1.54) is 267 Å². The highest BCUT2D eigenvalue weighted by molar-refractivity contribution is 5.91. The fraction of sp³-hybridized carbons (Fsp3) is 0.412. The molecule has 0 radical (unpaired) electrons. The molecule has 0 spiro atoms. The molecule has 0 aliphatic carbocycles. The summed E-state index contributed by atoms with van der Waals surface area (Å²) in [7, 11) is 0. The van der Waals surface area contributed by atoms with Crippen molar-refractivity contribution in [1.82, 2.24) is 29.9 Å². The van der Waals surface area contributed by atoms with Crippen LogP contribution in [0.4, 0.5) is 0 Å². The van der Waals surface area contributed by atoms with Gasteiger partial charge in [0.15, 0.2) is 34.9 Å². The maximum absolute atomic E-state index is 5.66. The zero-order valence-corrected chi connectivity index (χ0v) is 74.7. The number of rotatable bonds is 9. The summed E-state index contributed by atoms with van der Waals surface area (Å²) >= 11 is 0. The van der Waals surface area contributed by atoms with Crippen molar-refractivity contribution < 1.29 is 0 Å². The summed E-state index contributed by atoms with van der Waals surface area (Å²) in [6.07, 6.45) is 0. The van der Waals surface area contributed by atoms with Crippen molar-refractivity contribution in [1.29, 1.82) is 0 Å². The topological polar surface area (TPSA) is 77.3 Å². The van der Waals surface area contributed by atoms with E-state index in [1.54, 1.807) is 0 Å². The molecule has 0 unspecified atom stereocenters. The zero-order valence-electron chi connectivity index (χ0n) is 74.7. The normalized spacial score (nSPS) is 11.6. The molecule has 2 aromatic heterocycles. The van der Waals surface area contributed by atoms with Crippen molar-refractivity contribution in [3.05, 3.63) is 234 Å². The zero-order chi connectivity index (χ0) is 80.9. The summed E-state index contributed by atoms with van der Waals surface area (Å²) in [5.74, 6) is 4.49. The van der Waals surface area contributed by atoms with Gasteiger partial charge in [-0.2, -0.15) is 0 Å². The largest absolute Gasteiger partial charge is 0.208 e. The van der Waals surface area contributed by atoms with Gasteiger partial charge in [-0.05, 0) is 558 Å². The van der Waals surface area contributed by atoms with Crippen LogP contribution in [0.25, 0.3) is 102 Å². The van der Waals surface area contributed by atoms with E-state index < -0.39 is 0 Å². The molecule has 0 atom stereocenters. The monoisotopic (exact) mass is 1440 g/mol. The lowest BCUT2D eigenvalue weighted by atomic mass is 9.79. The first kappa shape index (κ1) is 81.5. The number of nitrogens with zero attached hydrogens (tertiary/aromatic N) is 6. The highest BCUT2D eigenvalue weighted by Crippen LogP contribution is 2.49. The Bertz CT molecular complexity index is 4920. The molecule has 0 N–H and O–H groups in total. The van der Waals surface area contributed by atoms with E-state index in [2.05, 4.69) is 291 Å². The Balaban J connectivity index is 0.000000269. The number of hydrogen-bond donors (Lipinski definition) is 0. The van der Waals surface area contributed by atoms with Gasteiger partial charge in [-0.3, -0.25) is 0 Å². The third-order valence-electron chi connectivity index (χ3n) is 29.2. The third kappa shape index (κ3) is 12.5. The maximum Gasteiger partial charge on any atom is 0.164 e. The van der Waals surface area contributed by atoms with Gasteiger partial charge in [0.25, 0.3) is 0 Å². The lowest BCUT2D eigenvalue weighted by Crippen LogP contribution is -2.11. The average Bonchev–Trinajstić information content (AvgIpc) is 0.736. The smallest absolute Gasteiger partial charge is 0.164 e. The number of aromatic nitrogens is 6. The molecule has 6 heteroatoms. The van der Waals surface area contributed by atoms with Gasteiger partial charge in [-0.15, -0.1) is 0 Å². The molecule has 0 aliphatic heterocycles. The van der Waals surface area contributed by atoms with Crippen LogP contribution < -0.4 is 0 Å². The SMILES string of the molecule is Cc1c(C)c(C)c(-c2c(C)c(C)c(-c3nc(-c4c(C)c(C)c(-c5c(C)c(C)c(C)c(C)c5C)c(C)c4C)nc(-c4c(C)c(C)c(-c5c(C)c(C)c(C)c(C)c5C)c(C)c4C)n3)c(C)c2C)c(C)c1C.Cc1c(C)c(C)c(-c2nc(-c3c(C)c(C)c(C)c(C)c3C)nc(-c3c(C)c(C)c(C)c(C)c3C)n2)c(C)c1C. The van der Waals surface area contributed by atoms with Crippen LogP contribution in [0.3, 0.4) is 0 Å². The average molecular weight is 1440 g/mol. The second kappa shape index (κ2) is 29.4. The summed E-state index contributed by atoms with van der Waals surface area (Å²) in [6, 6.07) is 0. The standard InChI is InChI=1S/C66H81N3.C36H45N3/c1-28-31(4)37(10)55(38(11)32(28)5)58-43(16)49(22)61(50(23)44(58)17)64-67-65(62-51(24)45(18)59(46(19)52(62)25)56-39(12)33(6)29(2)34(7)40(56)13)69-66(68-64)63-53(26)47(20)60(48(21)54(63)27)57-41(14)35(8)30(3)36(9)42(57)15;1-16-19(4)25(10)31(26(11)20(16)5)34-37-35(32-27(12)21(6)17(2)22(7)28(32)13)39-36(38-34)33-29(14)23(8)18(3)24(9)30(33)15/h1-27H3;1-15H3. The van der Waals surface area contributed by atoms with Crippen molar-refractivity contribution in [2.24, 2.45) is 0 Å². The van der Waals surface area contributed by atoms with Gasteiger partial charge in [0.05, 0.1) is 0 Å². The van der Waals surface area contributed by atoms with Crippen molar-refractivity contribution in [2.45, 2.75) is 291 Å². The van der Waals surface area contributed by atoms with Gasteiger partial charge >= 0.3 is 0 Å². The molecular weight excluding hydrogens is 1310 g/mol. The minimum absolute atomic E-state index is 0.733. The minimum atomic E-state index is 0.733. The summed E-state index contributed by atoms with van der Waals surface area (Å²) in [6.45, 7) is 95.1. The van der Waals surface area contributed by atoms with Crippen LogP contribution in [0.5, 0.6) is 0 Å². The van der Waals surface area contributed by atoms with Crippen LogP contribution >= 0.6 is 0 Å². The van der Waals surface area contributed by atoms with Crippen molar-refractivity contribution in [3.63, 3.8) is 0 Å². The summed E-state index contributed by atoms with van der Waals surface area (Å²) in [4.78, 5) is 32.8. The summed E-state index contributed by atoms with van der Waals surface area (Å²) < 4.78 is 0. The highest BCUT2D eigenvalue weighted by atomic mass is 15.0. The molecule has 11 rings (SSSR count). The van der Waals surface area contributed by atoms with E-state index in [0.29, 0.717) is 0 Å². The Morgan fingerprint density at radius 2 is 0.130 bits per heavy atom. The molecule has 0 fully saturated rings. The second-order valence-corrected chi connectivity index (χ2v) is 33.4. The van der Waals surface area contributed by atoms with E-state index in [0.717, 1.165) is 68.3 Å². The van der Waals surface area contributed by atoms with Crippen LogP contribution in [-0.4, -0.2) is 29.9 Å². The van der Waals surface area contributed by atoms with Gasteiger partial charge in [0.1, 0.15) is 0 Å². The fourth-order valence-corrected chi connectivity index (χ4v) is 18.6. The van der Waals surface area contributed by atoms with Crippen LogP contribution in [0.2, 0.25) is 0 Å². The quantitative estimate of drug-likeness (QED) is 0.143. The molecule has 108 heavy (non-hydrogen) atoms. The van der Waals surface area contributed by atoms with Gasteiger partial charge < -0.3 is 0 Å². The Morgan fingerprint density at radius 1 is 0.0741 bits per heavy atom. The first-order chi connectivity index (χ1) is 50.1. The predicted octanol–water partition coefficient (Wildman–Crippen LogP) is 27.7. The Labute approximate surface area is 652 Å². The van der Waals surface area contributed by atoms with E-state index in [4.69, 9.17) is 29.9 Å². The van der Waals surface area contributed by atoms with Crippen LogP contribution in [0.15, 0.2) is 0 Å². The Morgan fingerprint density at radius 3 is 0.222 bits per heavy atom. The molecule has 564 valence electrons.